The molecule has 0 saturated heterocycles. The first-order valence-corrected chi connectivity index (χ1v) is 10.6. The maximum absolute atomic E-state index is 12.8. The molecule has 8 nitrogen and oxygen atoms in total. The van der Waals surface area contributed by atoms with E-state index in [1.54, 1.807) is 19.4 Å². The van der Waals surface area contributed by atoms with Crippen LogP contribution in [0.3, 0.4) is 0 Å². The van der Waals surface area contributed by atoms with Crippen LogP contribution in [0.5, 0.6) is 0 Å². The Hall–Kier alpha value is -4.12. The Morgan fingerprint density at radius 3 is 3.03 bits per heavy atom. The van der Waals surface area contributed by atoms with E-state index in [1.807, 2.05) is 26.0 Å². The molecule has 2 heterocycles. The molecule has 1 aliphatic carbocycles. The number of fused-ring (bicyclic) bond motifs is 1. The molecule has 0 bridgehead atoms. The first kappa shape index (κ1) is 22.1. The van der Waals surface area contributed by atoms with Crippen molar-refractivity contribution in [1.29, 1.82) is 0 Å². The first-order chi connectivity index (χ1) is 16.0. The molecule has 0 aliphatic heterocycles. The fourth-order valence-electron chi connectivity index (χ4n) is 3.88. The molecule has 1 saturated carbocycles. The number of aromatic amines is 1. The van der Waals surface area contributed by atoms with E-state index in [-0.39, 0.29) is 11.8 Å². The number of H-pyrrole nitrogens is 1. The predicted molar refractivity (Wildman–Crippen MR) is 128 cm³/mol. The zero-order chi connectivity index (χ0) is 23.4. The highest BCUT2D eigenvalue weighted by Crippen LogP contribution is 2.59. The van der Waals surface area contributed by atoms with Crippen molar-refractivity contribution in [2.75, 3.05) is 19.0 Å². The average Bonchev–Trinajstić information content (AvgIpc) is 3.37. The van der Waals surface area contributed by atoms with Gasteiger partial charge < -0.3 is 15.4 Å². The number of benzene rings is 1. The standard InChI is InChI=1S/C25H26N6O2/c1-5-7-18(33-4)8-6-11-27-24(32)25(3)13-20(25)17-9-10-19-21(12-17)30-31-23(19)29-22-16(2)14-26-15-28-22/h1,6-10,12,14-15,20H,11,13H2,2-4H3,(H,27,32)(H2,26,28,29,30,31)/b8-6-,18-7+/t20-,25+/m0/s1. The molecule has 1 amide bonds. The molecule has 0 unspecified atom stereocenters. The highest BCUT2D eigenvalue weighted by molar-refractivity contribution is 5.92. The molecular weight excluding hydrogens is 416 g/mol. The number of amides is 1. The zero-order valence-electron chi connectivity index (χ0n) is 18.8. The van der Waals surface area contributed by atoms with E-state index < -0.39 is 5.41 Å². The van der Waals surface area contributed by atoms with Crippen LogP contribution in [-0.4, -0.2) is 39.7 Å². The number of aromatic nitrogens is 4. The number of ether oxygens (including phenoxy) is 1. The molecule has 168 valence electrons. The van der Waals surface area contributed by atoms with Crippen LogP contribution in [0.2, 0.25) is 0 Å². The molecule has 2 aromatic heterocycles. The molecule has 1 aliphatic rings. The summed E-state index contributed by atoms with van der Waals surface area (Å²) in [5, 5.41) is 14.7. The summed E-state index contributed by atoms with van der Waals surface area (Å²) in [4.78, 5) is 21.1. The number of nitrogens with zero attached hydrogens (tertiary/aromatic N) is 3. The summed E-state index contributed by atoms with van der Waals surface area (Å²) in [5.74, 6) is 4.59. The van der Waals surface area contributed by atoms with E-state index in [4.69, 9.17) is 11.2 Å². The quantitative estimate of drug-likeness (QED) is 0.279. The molecule has 0 radical (unpaired) electrons. The SMILES string of the molecule is C#C/C=C(\C=C/CNC(=O)[C@]1(C)C[C@H]1c1ccc2c(Nc3ncncc3C)n[nH]c2c1)OC. The summed E-state index contributed by atoms with van der Waals surface area (Å²) in [6.07, 6.45) is 14.4. The van der Waals surface area contributed by atoms with Crippen molar-refractivity contribution in [3.8, 4) is 12.3 Å². The number of carbonyl (C=O) groups excluding carboxylic acids is 1. The number of hydrogen-bond acceptors (Lipinski definition) is 6. The molecule has 3 aromatic rings. The summed E-state index contributed by atoms with van der Waals surface area (Å²) in [7, 11) is 1.55. The highest BCUT2D eigenvalue weighted by atomic mass is 16.5. The van der Waals surface area contributed by atoms with Crippen LogP contribution in [0.15, 0.2) is 54.7 Å². The van der Waals surface area contributed by atoms with Gasteiger partial charge in [0, 0.05) is 29.8 Å². The Morgan fingerprint density at radius 2 is 2.27 bits per heavy atom. The molecule has 3 N–H and O–H groups in total. The Morgan fingerprint density at radius 1 is 1.42 bits per heavy atom. The van der Waals surface area contributed by atoms with E-state index in [0.717, 1.165) is 34.3 Å². The maximum Gasteiger partial charge on any atom is 0.226 e. The summed E-state index contributed by atoms with van der Waals surface area (Å²) in [6.45, 7) is 4.34. The average molecular weight is 443 g/mol. The predicted octanol–water partition coefficient (Wildman–Crippen LogP) is 3.73. The monoisotopic (exact) mass is 442 g/mol. The van der Waals surface area contributed by atoms with Crippen LogP contribution in [0.4, 0.5) is 11.6 Å². The van der Waals surface area contributed by atoms with E-state index in [9.17, 15) is 4.79 Å². The van der Waals surface area contributed by atoms with E-state index in [1.165, 1.54) is 12.4 Å². The largest absolute Gasteiger partial charge is 0.496 e. The molecule has 2 atom stereocenters. The van der Waals surface area contributed by atoms with Crippen molar-refractivity contribution in [1.82, 2.24) is 25.5 Å². The normalized spacial score (nSPS) is 19.9. The minimum absolute atomic E-state index is 0.0309. The lowest BCUT2D eigenvalue weighted by atomic mass is 9.99. The molecule has 33 heavy (non-hydrogen) atoms. The van der Waals surface area contributed by atoms with Gasteiger partial charge in [-0.2, -0.15) is 5.10 Å². The second-order valence-corrected chi connectivity index (χ2v) is 8.26. The number of aryl methyl sites for hydroxylation is 1. The van der Waals surface area contributed by atoms with Crippen LogP contribution in [-0.2, 0) is 9.53 Å². The molecular formula is C25H26N6O2. The maximum atomic E-state index is 12.8. The smallest absolute Gasteiger partial charge is 0.226 e. The summed E-state index contributed by atoms with van der Waals surface area (Å²) in [6, 6.07) is 6.16. The fraction of sp³-hybridized carbons (Fsp3) is 0.280. The van der Waals surface area contributed by atoms with Gasteiger partial charge >= 0.3 is 0 Å². The van der Waals surface area contributed by atoms with Crippen LogP contribution in [0.25, 0.3) is 10.9 Å². The van der Waals surface area contributed by atoms with Gasteiger partial charge in [0.1, 0.15) is 17.9 Å². The fourth-order valence-corrected chi connectivity index (χ4v) is 3.88. The van der Waals surface area contributed by atoms with Gasteiger partial charge in [0.2, 0.25) is 5.91 Å². The van der Waals surface area contributed by atoms with Crippen molar-refractivity contribution < 1.29 is 9.53 Å². The molecule has 8 heteroatoms. The van der Waals surface area contributed by atoms with Gasteiger partial charge in [0.15, 0.2) is 5.82 Å². The van der Waals surface area contributed by atoms with Gasteiger partial charge in [-0.1, -0.05) is 25.0 Å². The van der Waals surface area contributed by atoms with Crippen molar-refractivity contribution in [3.63, 3.8) is 0 Å². The van der Waals surface area contributed by atoms with E-state index in [2.05, 4.69) is 48.9 Å². The lowest BCUT2D eigenvalue weighted by Gasteiger charge is -2.11. The van der Waals surface area contributed by atoms with Crippen LogP contribution >= 0.6 is 0 Å². The third-order valence-corrected chi connectivity index (χ3v) is 6.00. The first-order valence-electron chi connectivity index (χ1n) is 10.6. The summed E-state index contributed by atoms with van der Waals surface area (Å²) < 4.78 is 5.13. The van der Waals surface area contributed by atoms with Crippen LogP contribution in [0, 0.1) is 24.7 Å². The van der Waals surface area contributed by atoms with Crippen molar-refractivity contribution in [2.24, 2.45) is 5.41 Å². The lowest BCUT2D eigenvalue weighted by Crippen LogP contribution is -2.31. The van der Waals surface area contributed by atoms with Crippen molar-refractivity contribution in [3.05, 3.63) is 65.8 Å². The number of methoxy groups -OCH3 is 1. The summed E-state index contributed by atoms with van der Waals surface area (Å²) in [5.41, 5.74) is 2.53. The zero-order valence-corrected chi connectivity index (χ0v) is 18.8. The Balaban J connectivity index is 1.41. The minimum Gasteiger partial charge on any atom is -0.496 e. The lowest BCUT2D eigenvalue weighted by molar-refractivity contribution is -0.125. The van der Waals surface area contributed by atoms with Gasteiger partial charge in [-0.25, -0.2) is 9.97 Å². The topological polar surface area (TPSA) is 105 Å². The van der Waals surface area contributed by atoms with Gasteiger partial charge in [-0.15, -0.1) is 6.42 Å². The van der Waals surface area contributed by atoms with Crippen molar-refractivity contribution >= 4 is 28.4 Å². The van der Waals surface area contributed by atoms with Gasteiger partial charge in [0.25, 0.3) is 0 Å². The Labute approximate surface area is 192 Å². The Kier molecular flexibility index (Phi) is 6.13. The third-order valence-electron chi connectivity index (χ3n) is 6.00. The van der Waals surface area contributed by atoms with Crippen LogP contribution in [0.1, 0.15) is 30.4 Å². The van der Waals surface area contributed by atoms with Gasteiger partial charge in [-0.05, 0) is 43.0 Å². The Bertz CT molecular complexity index is 1290. The number of hydrogen-bond donors (Lipinski definition) is 3. The van der Waals surface area contributed by atoms with Crippen molar-refractivity contribution in [2.45, 2.75) is 26.2 Å². The number of terminal acetylenes is 1. The number of nitrogens with one attached hydrogen (secondary N) is 3. The second kappa shape index (κ2) is 9.17. The van der Waals surface area contributed by atoms with E-state index in [0.29, 0.717) is 18.1 Å². The molecule has 4 rings (SSSR count). The number of rotatable bonds is 8. The highest BCUT2D eigenvalue weighted by Gasteiger charge is 2.56. The number of anilines is 2. The van der Waals surface area contributed by atoms with Crippen LogP contribution < -0.4 is 10.6 Å². The summed E-state index contributed by atoms with van der Waals surface area (Å²) >= 11 is 0. The third kappa shape index (κ3) is 4.58. The van der Waals surface area contributed by atoms with E-state index >= 15 is 0 Å². The second-order valence-electron chi connectivity index (χ2n) is 8.26. The minimum atomic E-state index is -0.431. The molecule has 1 aromatic carbocycles. The molecule has 1 fully saturated rings. The number of carbonyl (C=O) groups is 1. The van der Waals surface area contributed by atoms with Gasteiger partial charge in [-0.3, -0.25) is 9.89 Å². The van der Waals surface area contributed by atoms with Gasteiger partial charge in [0.05, 0.1) is 18.0 Å². The number of allylic oxidation sites excluding steroid dienone is 2. The molecule has 0 spiro atoms.